The van der Waals surface area contributed by atoms with Crippen molar-refractivity contribution in [3.63, 3.8) is 0 Å². The summed E-state index contributed by atoms with van der Waals surface area (Å²) in [5.74, 6) is 0.193. The van der Waals surface area contributed by atoms with E-state index in [0.717, 1.165) is 18.6 Å². The molecular formula is C13H17ClN2O2. The van der Waals surface area contributed by atoms with Gasteiger partial charge in [0.15, 0.2) is 6.61 Å². The fourth-order valence-corrected chi connectivity index (χ4v) is 1.48. The molecule has 0 atom stereocenters. The van der Waals surface area contributed by atoms with Crippen LogP contribution in [-0.4, -0.2) is 18.2 Å². The zero-order valence-corrected chi connectivity index (χ0v) is 11.3. The number of benzene rings is 1. The maximum Gasteiger partial charge on any atom is 0.277 e. The number of halogens is 1. The first-order valence-corrected chi connectivity index (χ1v) is 6.26. The number of carbonyl (C=O) groups excluding carboxylic acids is 1. The molecule has 0 aliphatic carbocycles. The lowest BCUT2D eigenvalue weighted by Gasteiger charge is -2.07. The molecule has 0 saturated carbocycles. The van der Waals surface area contributed by atoms with Gasteiger partial charge in [-0.3, -0.25) is 4.79 Å². The second-order valence-corrected chi connectivity index (χ2v) is 4.05. The maximum absolute atomic E-state index is 11.5. The van der Waals surface area contributed by atoms with Crippen molar-refractivity contribution in [1.29, 1.82) is 0 Å². The van der Waals surface area contributed by atoms with E-state index in [1.165, 1.54) is 0 Å². The first kappa shape index (κ1) is 14.5. The van der Waals surface area contributed by atoms with Gasteiger partial charge in [-0.15, -0.1) is 0 Å². The first-order chi connectivity index (χ1) is 8.67. The molecule has 1 aromatic carbocycles. The van der Waals surface area contributed by atoms with Crippen LogP contribution in [0.5, 0.6) is 5.75 Å². The van der Waals surface area contributed by atoms with E-state index in [9.17, 15) is 4.79 Å². The Balaban J connectivity index is 2.43. The quantitative estimate of drug-likeness (QED) is 0.637. The molecule has 1 amide bonds. The number of rotatable bonds is 6. The van der Waals surface area contributed by atoms with E-state index in [0.29, 0.717) is 10.8 Å². The smallest absolute Gasteiger partial charge is 0.277 e. The molecule has 1 rings (SSSR count). The Morgan fingerprint density at radius 3 is 2.61 bits per heavy atom. The van der Waals surface area contributed by atoms with E-state index in [-0.39, 0.29) is 12.5 Å². The molecule has 0 fully saturated rings. The fraction of sp³-hybridized carbons (Fsp3) is 0.385. The predicted molar refractivity (Wildman–Crippen MR) is 73.1 cm³/mol. The summed E-state index contributed by atoms with van der Waals surface area (Å²) in [4.78, 5) is 11.5. The van der Waals surface area contributed by atoms with Gasteiger partial charge in [-0.2, -0.15) is 5.10 Å². The average Bonchev–Trinajstić information content (AvgIpc) is 2.39. The van der Waals surface area contributed by atoms with Gasteiger partial charge in [-0.1, -0.05) is 37.6 Å². The lowest BCUT2D eigenvalue weighted by molar-refractivity contribution is -0.123. The Bertz CT molecular complexity index is 427. The highest BCUT2D eigenvalue weighted by molar-refractivity contribution is 6.32. The standard InChI is InChI=1S/C13H17ClN2O2/c1-3-10(4-2)15-16-13(17)9-18-12-8-6-5-7-11(12)14/h5-8H,3-4,9H2,1-2H3,(H,16,17). The van der Waals surface area contributed by atoms with Crippen molar-refractivity contribution >= 4 is 23.2 Å². The van der Waals surface area contributed by atoms with Gasteiger partial charge >= 0.3 is 0 Å². The predicted octanol–water partition coefficient (Wildman–Crippen LogP) is 3.01. The number of nitrogens with zero attached hydrogens (tertiary/aromatic N) is 1. The minimum atomic E-state index is -0.297. The van der Waals surface area contributed by atoms with E-state index in [1.807, 2.05) is 13.8 Å². The van der Waals surface area contributed by atoms with Gasteiger partial charge in [-0.05, 0) is 25.0 Å². The molecule has 0 radical (unpaired) electrons. The van der Waals surface area contributed by atoms with Crippen LogP contribution in [0.2, 0.25) is 5.02 Å². The topological polar surface area (TPSA) is 50.7 Å². The van der Waals surface area contributed by atoms with Crippen molar-refractivity contribution in [3.05, 3.63) is 29.3 Å². The molecule has 1 aromatic rings. The Morgan fingerprint density at radius 1 is 1.33 bits per heavy atom. The van der Waals surface area contributed by atoms with Gasteiger partial charge in [0.1, 0.15) is 5.75 Å². The fourth-order valence-electron chi connectivity index (χ4n) is 1.29. The molecule has 0 aliphatic rings. The Hall–Kier alpha value is -1.55. The molecule has 0 heterocycles. The zero-order valence-electron chi connectivity index (χ0n) is 10.6. The van der Waals surface area contributed by atoms with E-state index in [1.54, 1.807) is 24.3 Å². The van der Waals surface area contributed by atoms with E-state index < -0.39 is 0 Å². The summed E-state index contributed by atoms with van der Waals surface area (Å²) >= 11 is 5.90. The monoisotopic (exact) mass is 268 g/mol. The number of hydrogen-bond donors (Lipinski definition) is 1. The second kappa shape index (κ2) is 7.71. The molecule has 0 unspecified atom stereocenters. The van der Waals surface area contributed by atoms with Crippen molar-refractivity contribution in [2.45, 2.75) is 26.7 Å². The minimum absolute atomic E-state index is 0.103. The van der Waals surface area contributed by atoms with Crippen molar-refractivity contribution in [2.24, 2.45) is 5.10 Å². The summed E-state index contributed by atoms with van der Waals surface area (Å²) in [6.45, 7) is 3.89. The molecule has 18 heavy (non-hydrogen) atoms. The number of hydrazone groups is 1. The molecule has 1 N–H and O–H groups in total. The SMILES string of the molecule is CCC(CC)=NNC(=O)COc1ccccc1Cl. The van der Waals surface area contributed by atoms with E-state index in [2.05, 4.69) is 10.5 Å². The van der Waals surface area contributed by atoms with Gasteiger partial charge in [0.2, 0.25) is 0 Å². The Labute approximate surface area is 112 Å². The third-order valence-corrected chi connectivity index (χ3v) is 2.66. The van der Waals surface area contributed by atoms with Crippen molar-refractivity contribution in [2.75, 3.05) is 6.61 Å². The van der Waals surface area contributed by atoms with Crippen LogP contribution in [0.4, 0.5) is 0 Å². The van der Waals surface area contributed by atoms with Crippen molar-refractivity contribution < 1.29 is 9.53 Å². The molecule has 0 aliphatic heterocycles. The lowest BCUT2D eigenvalue weighted by Crippen LogP contribution is -2.25. The summed E-state index contributed by atoms with van der Waals surface area (Å²) in [6.07, 6.45) is 1.64. The van der Waals surface area contributed by atoms with Gasteiger partial charge in [0.25, 0.3) is 5.91 Å². The molecule has 98 valence electrons. The van der Waals surface area contributed by atoms with Crippen molar-refractivity contribution in [3.8, 4) is 5.75 Å². The van der Waals surface area contributed by atoms with Crippen LogP contribution in [0.3, 0.4) is 0 Å². The number of hydrogen-bond acceptors (Lipinski definition) is 3. The van der Waals surface area contributed by atoms with Crippen LogP contribution < -0.4 is 10.2 Å². The molecule has 5 heteroatoms. The van der Waals surface area contributed by atoms with Crippen LogP contribution in [0.1, 0.15) is 26.7 Å². The van der Waals surface area contributed by atoms with Crippen LogP contribution in [0, 0.1) is 0 Å². The summed E-state index contributed by atoms with van der Waals surface area (Å²) in [5, 5.41) is 4.48. The number of amides is 1. The molecule has 0 aromatic heterocycles. The molecule has 0 bridgehead atoms. The van der Waals surface area contributed by atoms with E-state index in [4.69, 9.17) is 16.3 Å². The second-order valence-electron chi connectivity index (χ2n) is 3.64. The van der Waals surface area contributed by atoms with E-state index >= 15 is 0 Å². The Morgan fingerprint density at radius 2 is 2.00 bits per heavy atom. The van der Waals surface area contributed by atoms with Crippen molar-refractivity contribution in [1.82, 2.24) is 5.43 Å². The number of nitrogens with one attached hydrogen (secondary N) is 1. The normalized spacial score (nSPS) is 9.72. The third kappa shape index (κ3) is 4.75. The zero-order chi connectivity index (χ0) is 13.4. The molecule has 0 spiro atoms. The van der Waals surface area contributed by atoms with Gasteiger partial charge in [-0.25, -0.2) is 5.43 Å². The Kier molecular flexibility index (Phi) is 6.22. The van der Waals surface area contributed by atoms with Gasteiger partial charge in [0.05, 0.1) is 5.02 Å². The molecular weight excluding hydrogens is 252 g/mol. The largest absolute Gasteiger partial charge is 0.482 e. The highest BCUT2D eigenvalue weighted by Gasteiger charge is 2.04. The summed E-state index contributed by atoms with van der Waals surface area (Å²) in [7, 11) is 0. The third-order valence-electron chi connectivity index (χ3n) is 2.35. The highest BCUT2D eigenvalue weighted by atomic mass is 35.5. The van der Waals surface area contributed by atoms with Crippen LogP contribution in [-0.2, 0) is 4.79 Å². The number of para-hydroxylation sites is 1. The first-order valence-electron chi connectivity index (χ1n) is 5.89. The maximum atomic E-state index is 11.5. The lowest BCUT2D eigenvalue weighted by atomic mass is 10.2. The van der Waals surface area contributed by atoms with Crippen LogP contribution >= 0.6 is 11.6 Å². The van der Waals surface area contributed by atoms with Gasteiger partial charge < -0.3 is 4.74 Å². The minimum Gasteiger partial charge on any atom is -0.482 e. The molecule has 0 saturated heterocycles. The van der Waals surface area contributed by atoms with Crippen LogP contribution in [0.25, 0.3) is 0 Å². The highest BCUT2D eigenvalue weighted by Crippen LogP contribution is 2.22. The summed E-state index contributed by atoms with van der Waals surface area (Å²) in [6, 6.07) is 7.01. The average molecular weight is 269 g/mol. The van der Waals surface area contributed by atoms with Crippen LogP contribution in [0.15, 0.2) is 29.4 Å². The molecule has 4 nitrogen and oxygen atoms in total. The summed E-state index contributed by atoms with van der Waals surface area (Å²) < 4.78 is 5.28. The van der Waals surface area contributed by atoms with Gasteiger partial charge in [0, 0.05) is 5.71 Å². The number of ether oxygens (including phenoxy) is 1. The number of carbonyl (C=O) groups is 1. The summed E-state index contributed by atoms with van der Waals surface area (Å²) in [5.41, 5.74) is 3.40.